The second-order valence-corrected chi connectivity index (χ2v) is 7.74. The van der Waals surface area contributed by atoms with Crippen molar-refractivity contribution in [2.45, 2.75) is 0 Å². The Morgan fingerprint density at radius 2 is 1.80 bits per heavy atom. The van der Waals surface area contributed by atoms with Crippen LogP contribution in [0.3, 0.4) is 0 Å². The average molecular weight is 467 g/mol. The van der Waals surface area contributed by atoms with Crippen LogP contribution in [0.4, 0.5) is 17.2 Å². The van der Waals surface area contributed by atoms with E-state index in [0.29, 0.717) is 41.9 Å². The van der Waals surface area contributed by atoms with Gasteiger partial charge < -0.3 is 14.8 Å². The summed E-state index contributed by atoms with van der Waals surface area (Å²) in [6.07, 6.45) is 3.15. The number of para-hydroxylation sites is 2. The summed E-state index contributed by atoms with van der Waals surface area (Å²) in [6, 6.07) is 17.7. The van der Waals surface area contributed by atoms with Crippen LogP contribution in [0.1, 0.15) is 0 Å². The van der Waals surface area contributed by atoms with E-state index < -0.39 is 4.92 Å². The maximum Gasteiger partial charge on any atom is 0.294 e. The van der Waals surface area contributed by atoms with Gasteiger partial charge in [-0.25, -0.2) is 14.6 Å². The van der Waals surface area contributed by atoms with Crippen LogP contribution in [0.2, 0.25) is 0 Å². The lowest BCUT2D eigenvalue weighted by molar-refractivity contribution is -0.384. The Labute approximate surface area is 198 Å². The molecule has 11 heteroatoms. The minimum absolute atomic E-state index is 0.0495. The van der Waals surface area contributed by atoms with Crippen molar-refractivity contribution >= 4 is 28.1 Å². The highest BCUT2D eigenvalue weighted by Crippen LogP contribution is 2.36. The lowest BCUT2D eigenvalue weighted by atomic mass is 10.1. The first-order valence-electron chi connectivity index (χ1n) is 10.7. The van der Waals surface area contributed by atoms with Gasteiger partial charge in [-0.1, -0.05) is 29.5 Å². The number of nitrogens with zero attached hydrogens (tertiary/aromatic N) is 6. The fourth-order valence-electron chi connectivity index (χ4n) is 3.91. The van der Waals surface area contributed by atoms with E-state index in [1.807, 2.05) is 36.4 Å². The molecule has 0 bridgehead atoms. The van der Waals surface area contributed by atoms with Crippen molar-refractivity contribution in [1.29, 1.82) is 0 Å². The average Bonchev–Trinajstić information content (AvgIpc) is 3.38. The number of hydrogen-bond donors (Lipinski definition) is 1. The van der Waals surface area contributed by atoms with E-state index in [-0.39, 0.29) is 5.69 Å². The quantitative estimate of drug-likeness (QED) is 0.297. The predicted octanol–water partition coefficient (Wildman–Crippen LogP) is 4.30. The van der Waals surface area contributed by atoms with E-state index in [1.165, 1.54) is 17.1 Å². The maximum atomic E-state index is 11.4. The van der Waals surface area contributed by atoms with Crippen molar-refractivity contribution in [1.82, 2.24) is 25.0 Å². The van der Waals surface area contributed by atoms with Gasteiger partial charge in [0.25, 0.3) is 5.69 Å². The summed E-state index contributed by atoms with van der Waals surface area (Å²) in [7, 11) is 0. The first kappa shape index (κ1) is 20.5. The number of anilines is 2. The number of nitro groups is 1. The second kappa shape index (κ2) is 8.37. The van der Waals surface area contributed by atoms with E-state index in [9.17, 15) is 10.1 Å². The Hall–Kier alpha value is -5.06. The molecule has 1 aliphatic heterocycles. The van der Waals surface area contributed by atoms with Crippen molar-refractivity contribution < 1.29 is 14.4 Å². The van der Waals surface area contributed by atoms with Crippen LogP contribution < -0.4 is 14.8 Å². The van der Waals surface area contributed by atoms with Gasteiger partial charge in [-0.3, -0.25) is 10.1 Å². The smallest absolute Gasteiger partial charge is 0.294 e. The molecule has 1 N–H and O–H groups in total. The van der Waals surface area contributed by atoms with E-state index in [2.05, 4.69) is 25.6 Å². The SMILES string of the molecule is O=[N+]([O-])c1ccccc1-n1cc(-c2cccc(Nc3ncnc4cc5c(cc34)OCCO5)c2)nn1. The molecule has 3 aromatic carbocycles. The highest BCUT2D eigenvalue weighted by Gasteiger charge is 2.17. The lowest BCUT2D eigenvalue weighted by Crippen LogP contribution is -2.15. The van der Waals surface area contributed by atoms with Gasteiger partial charge in [0.15, 0.2) is 11.5 Å². The maximum absolute atomic E-state index is 11.4. The Morgan fingerprint density at radius 1 is 0.971 bits per heavy atom. The number of benzene rings is 3. The number of fused-ring (bicyclic) bond motifs is 2. The van der Waals surface area contributed by atoms with Crippen LogP contribution in [0, 0.1) is 10.1 Å². The number of ether oxygens (including phenoxy) is 2. The van der Waals surface area contributed by atoms with Crippen LogP contribution in [0.5, 0.6) is 11.5 Å². The van der Waals surface area contributed by atoms with E-state index >= 15 is 0 Å². The zero-order valence-electron chi connectivity index (χ0n) is 18.2. The van der Waals surface area contributed by atoms with Crippen LogP contribution in [0.15, 0.2) is 73.2 Å². The molecular weight excluding hydrogens is 450 g/mol. The number of hydrogen-bond acceptors (Lipinski definition) is 9. The molecule has 0 saturated carbocycles. The van der Waals surface area contributed by atoms with Gasteiger partial charge in [0.05, 0.1) is 16.6 Å². The third-order valence-electron chi connectivity index (χ3n) is 5.54. The van der Waals surface area contributed by atoms with Crippen LogP contribution in [-0.4, -0.2) is 43.1 Å². The van der Waals surface area contributed by atoms with Crippen molar-refractivity contribution in [3.63, 3.8) is 0 Å². The standard InChI is InChI=1S/C24H17N7O4/c32-31(33)21-7-2-1-6-20(21)30-13-19(28-29-30)15-4-3-5-16(10-15)27-24-17-11-22-23(35-9-8-34-22)12-18(17)25-14-26-24/h1-7,10-14H,8-9H2,(H,25,26,27). The monoisotopic (exact) mass is 467 g/mol. The number of aromatic nitrogens is 5. The summed E-state index contributed by atoms with van der Waals surface area (Å²) >= 11 is 0. The summed E-state index contributed by atoms with van der Waals surface area (Å²) in [5.41, 5.74) is 3.15. The first-order valence-corrected chi connectivity index (χ1v) is 10.7. The van der Waals surface area contributed by atoms with Gasteiger partial charge in [-0.05, 0) is 24.3 Å². The summed E-state index contributed by atoms with van der Waals surface area (Å²) in [5.74, 6) is 1.94. The highest BCUT2D eigenvalue weighted by atomic mass is 16.6. The zero-order valence-corrected chi connectivity index (χ0v) is 18.2. The third-order valence-corrected chi connectivity index (χ3v) is 5.54. The van der Waals surface area contributed by atoms with Gasteiger partial charge in [0.1, 0.15) is 36.7 Å². The molecular formula is C24H17N7O4. The van der Waals surface area contributed by atoms with Gasteiger partial charge >= 0.3 is 0 Å². The van der Waals surface area contributed by atoms with Gasteiger partial charge in [0, 0.05) is 28.8 Å². The van der Waals surface area contributed by atoms with Crippen molar-refractivity contribution in [2.24, 2.45) is 0 Å². The van der Waals surface area contributed by atoms with E-state index in [4.69, 9.17) is 9.47 Å². The number of rotatable bonds is 5. The van der Waals surface area contributed by atoms with Crippen molar-refractivity contribution in [3.8, 4) is 28.4 Å². The molecule has 0 aliphatic carbocycles. The van der Waals surface area contributed by atoms with Gasteiger partial charge in [-0.2, -0.15) is 0 Å². The van der Waals surface area contributed by atoms with E-state index in [1.54, 1.807) is 24.4 Å². The normalized spacial score (nSPS) is 12.5. The first-order chi connectivity index (χ1) is 17.2. The Kier molecular flexibility index (Phi) is 4.91. The molecule has 0 amide bonds. The molecule has 2 aromatic heterocycles. The molecule has 172 valence electrons. The molecule has 0 saturated heterocycles. The number of nitro benzene ring substituents is 1. The molecule has 0 spiro atoms. The summed E-state index contributed by atoms with van der Waals surface area (Å²) in [5, 5.41) is 23.8. The van der Waals surface area contributed by atoms with Crippen LogP contribution in [0.25, 0.3) is 27.8 Å². The molecule has 1 aliphatic rings. The van der Waals surface area contributed by atoms with E-state index in [0.717, 1.165) is 22.2 Å². The summed E-state index contributed by atoms with van der Waals surface area (Å²) in [4.78, 5) is 19.7. The Morgan fingerprint density at radius 3 is 2.66 bits per heavy atom. The molecule has 35 heavy (non-hydrogen) atoms. The molecule has 3 heterocycles. The molecule has 0 fully saturated rings. The van der Waals surface area contributed by atoms with Gasteiger partial charge in [0.2, 0.25) is 0 Å². The fraction of sp³-hybridized carbons (Fsp3) is 0.0833. The predicted molar refractivity (Wildman–Crippen MR) is 127 cm³/mol. The summed E-state index contributed by atoms with van der Waals surface area (Å²) in [6.45, 7) is 0.994. The topological polar surface area (TPSA) is 130 Å². The summed E-state index contributed by atoms with van der Waals surface area (Å²) < 4.78 is 12.8. The lowest BCUT2D eigenvalue weighted by Gasteiger charge is -2.19. The second-order valence-electron chi connectivity index (χ2n) is 7.74. The van der Waals surface area contributed by atoms with Crippen LogP contribution in [-0.2, 0) is 0 Å². The van der Waals surface area contributed by atoms with Crippen molar-refractivity contribution in [3.05, 3.63) is 83.3 Å². The number of nitrogens with one attached hydrogen (secondary N) is 1. The third kappa shape index (κ3) is 3.84. The largest absolute Gasteiger partial charge is 0.486 e. The Bertz CT molecular complexity index is 1580. The van der Waals surface area contributed by atoms with Crippen molar-refractivity contribution in [2.75, 3.05) is 18.5 Å². The molecule has 0 atom stereocenters. The minimum Gasteiger partial charge on any atom is -0.486 e. The molecule has 11 nitrogen and oxygen atoms in total. The van der Waals surface area contributed by atoms with Gasteiger partial charge in [-0.15, -0.1) is 5.10 Å². The highest BCUT2D eigenvalue weighted by molar-refractivity contribution is 5.93. The van der Waals surface area contributed by atoms with Crippen LogP contribution >= 0.6 is 0 Å². The Balaban J connectivity index is 1.32. The molecule has 0 radical (unpaired) electrons. The zero-order chi connectivity index (χ0) is 23.8. The molecule has 6 rings (SSSR count). The molecule has 0 unspecified atom stereocenters. The minimum atomic E-state index is -0.443. The fourth-order valence-corrected chi connectivity index (χ4v) is 3.91. The molecule has 5 aromatic rings.